The lowest BCUT2D eigenvalue weighted by Gasteiger charge is -2.46. The largest absolute Gasteiger partial charge is 0.493 e. The van der Waals surface area contributed by atoms with Crippen molar-refractivity contribution in [2.24, 2.45) is 5.41 Å². The number of hydrogen-bond acceptors (Lipinski definition) is 6. The van der Waals surface area contributed by atoms with Gasteiger partial charge in [-0.05, 0) is 19.1 Å². The summed E-state index contributed by atoms with van der Waals surface area (Å²) in [6, 6.07) is 6.18. The number of anilines is 1. The fourth-order valence-electron chi connectivity index (χ4n) is 4.60. The number of fused-ring (bicyclic) bond motifs is 1. The van der Waals surface area contributed by atoms with Gasteiger partial charge in [-0.3, -0.25) is 0 Å². The van der Waals surface area contributed by atoms with E-state index < -0.39 is 28.9 Å². The fourth-order valence-corrected chi connectivity index (χ4v) is 4.60. The summed E-state index contributed by atoms with van der Waals surface area (Å²) in [6.07, 6.45) is -5.57. The van der Waals surface area contributed by atoms with Crippen LogP contribution in [0.1, 0.15) is 29.8 Å². The molecule has 0 unspecified atom stereocenters. The van der Waals surface area contributed by atoms with E-state index in [1.54, 1.807) is 19.1 Å². The van der Waals surface area contributed by atoms with Gasteiger partial charge in [0.1, 0.15) is 17.5 Å². The van der Waals surface area contributed by atoms with Crippen LogP contribution in [0.3, 0.4) is 0 Å². The maximum Gasteiger partial charge on any atom is 0.419 e. The highest BCUT2D eigenvalue weighted by Gasteiger charge is 2.57. The van der Waals surface area contributed by atoms with Gasteiger partial charge in [-0.1, -0.05) is 12.1 Å². The van der Waals surface area contributed by atoms with Crippen molar-refractivity contribution in [1.29, 1.82) is 0 Å². The van der Waals surface area contributed by atoms with Gasteiger partial charge in [-0.15, -0.1) is 0 Å². The maximum atomic E-state index is 14.5. The van der Waals surface area contributed by atoms with Gasteiger partial charge >= 0.3 is 6.18 Å². The van der Waals surface area contributed by atoms with Gasteiger partial charge in [0, 0.05) is 48.9 Å². The summed E-state index contributed by atoms with van der Waals surface area (Å²) in [5.41, 5.74) is -1.98. The van der Waals surface area contributed by atoms with Gasteiger partial charge in [-0.2, -0.15) is 13.2 Å². The van der Waals surface area contributed by atoms with Gasteiger partial charge < -0.3 is 19.5 Å². The summed E-state index contributed by atoms with van der Waals surface area (Å²) < 4.78 is 97.4. The van der Waals surface area contributed by atoms with Crippen LogP contribution in [-0.4, -0.2) is 43.3 Å². The lowest BCUT2D eigenvalue weighted by atomic mass is 9.67. The smallest absolute Gasteiger partial charge is 0.419 e. The number of methoxy groups -OCH3 is 2. The fraction of sp³-hybridized carbons (Fsp3) is 0.440. The van der Waals surface area contributed by atoms with E-state index in [-0.39, 0.29) is 49.7 Å². The molecule has 2 aromatic carbocycles. The monoisotopic (exact) mass is 529 g/mol. The molecular weight excluding hydrogens is 504 g/mol. The Morgan fingerprint density at radius 3 is 2.38 bits per heavy atom. The van der Waals surface area contributed by atoms with Crippen LogP contribution in [0.4, 0.5) is 32.2 Å². The average molecular weight is 529 g/mol. The van der Waals surface area contributed by atoms with Crippen molar-refractivity contribution in [3.05, 3.63) is 53.1 Å². The zero-order valence-electron chi connectivity index (χ0n) is 20.3. The highest BCUT2D eigenvalue weighted by Crippen LogP contribution is 2.52. The van der Waals surface area contributed by atoms with Crippen molar-refractivity contribution in [3.8, 4) is 11.5 Å². The maximum absolute atomic E-state index is 14.5. The third-order valence-electron chi connectivity index (χ3n) is 6.17. The summed E-state index contributed by atoms with van der Waals surface area (Å²) in [5, 5.41) is 3.31. The molecule has 0 spiro atoms. The van der Waals surface area contributed by atoms with Crippen LogP contribution in [-0.2, 0) is 17.5 Å². The SMILES string of the molecule is COCC1(COc2cc3c(NCc4cccc(C(F)(F)F)c4F)nc(C)nc3cc2OC)CC(F)(F)C1. The number of rotatable bonds is 9. The van der Waals surface area contributed by atoms with Crippen molar-refractivity contribution >= 4 is 16.7 Å². The molecule has 0 radical (unpaired) electrons. The third-order valence-corrected chi connectivity index (χ3v) is 6.17. The Kier molecular flexibility index (Phi) is 7.15. The minimum absolute atomic E-state index is 0.0524. The zero-order chi connectivity index (χ0) is 27.0. The Hall–Kier alpha value is -3.28. The number of hydrogen-bond donors (Lipinski definition) is 1. The van der Waals surface area contributed by atoms with Gasteiger partial charge in [0.05, 0.1) is 31.4 Å². The van der Waals surface area contributed by atoms with Crippen LogP contribution in [0.15, 0.2) is 30.3 Å². The molecule has 1 N–H and O–H groups in total. The first-order chi connectivity index (χ1) is 17.4. The van der Waals surface area contributed by atoms with E-state index in [1.807, 2.05) is 0 Å². The summed E-state index contributed by atoms with van der Waals surface area (Å²) in [6.45, 7) is 1.38. The molecule has 200 valence electrons. The molecule has 0 saturated heterocycles. The highest BCUT2D eigenvalue weighted by atomic mass is 19.4. The first-order valence-corrected chi connectivity index (χ1v) is 11.3. The molecule has 0 atom stereocenters. The van der Waals surface area contributed by atoms with Crippen LogP contribution >= 0.6 is 0 Å². The predicted octanol–water partition coefficient (Wildman–Crippen LogP) is 6.16. The minimum Gasteiger partial charge on any atom is -0.493 e. The molecule has 4 rings (SSSR count). The Bertz CT molecular complexity index is 1290. The van der Waals surface area contributed by atoms with Crippen LogP contribution in [0, 0.1) is 18.2 Å². The van der Waals surface area contributed by atoms with E-state index in [4.69, 9.17) is 14.2 Å². The van der Waals surface area contributed by atoms with Crippen molar-refractivity contribution < 1.29 is 40.6 Å². The van der Waals surface area contributed by atoms with Crippen LogP contribution in [0.2, 0.25) is 0 Å². The number of alkyl halides is 5. The molecule has 1 aromatic heterocycles. The van der Waals surface area contributed by atoms with Crippen LogP contribution < -0.4 is 14.8 Å². The minimum atomic E-state index is -4.83. The first-order valence-electron chi connectivity index (χ1n) is 11.3. The summed E-state index contributed by atoms with van der Waals surface area (Å²) in [5.74, 6) is -3.03. The van der Waals surface area contributed by atoms with Crippen molar-refractivity contribution in [1.82, 2.24) is 9.97 Å². The Morgan fingerprint density at radius 1 is 1.03 bits per heavy atom. The molecule has 12 heteroatoms. The van der Waals surface area contributed by atoms with E-state index in [0.29, 0.717) is 28.5 Å². The summed E-state index contributed by atoms with van der Waals surface area (Å²) >= 11 is 0. The normalized spacial score (nSPS) is 16.4. The lowest BCUT2D eigenvalue weighted by Crippen LogP contribution is -2.52. The molecule has 1 saturated carbocycles. The molecule has 1 fully saturated rings. The van der Waals surface area contributed by atoms with Crippen molar-refractivity contribution in [2.75, 3.05) is 32.8 Å². The second kappa shape index (κ2) is 9.88. The van der Waals surface area contributed by atoms with Gasteiger partial charge in [0.25, 0.3) is 0 Å². The molecule has 1 heterocycles. The zero-order valence-corrected chi connectivity index (χ0v) is 20.3. The molecular formula is C25H25F6N3O3. The highest BCUT2D eigenvalue weighted by molar-refractivity contribution is 5.91. The van der Waals surface area contributed by atoms with Gasteiger partial charge in [0.2, 0.25) is 5.92 Å². The van der Waals surface area contributed by atoms with Crippen LogP contribution in [0.25, 0.3) is 10.9 Å². The topological polar surface area (TPSA) is 65.5 Å². The van der Waals surface area contributed by atoms with Gasteiger partial charge in [-0.25, -0.2) is 23.1 Å². The number of aromatic nitrogens is 2. The predicted molar refractivity (Wildman–Crippen MR) is 124 cm³/mol. The van der Waals surface area contributed by atoms with E-state index in [9.17, 15) is 26.3 Å². The van der Waals surface area contributed by atoms with E-state index in [1.165, 1.54) is 20.3 Å². The second-order valence-corrected chi connectivity index (χ2v) is 9.20. The number of halogens is 6. The van der Waals surface area contributed by atoms with E-state index in [2.05, 4.69) is 15.3 Å². The Morgan fingerprint density at radius 2 is 1.76 bits per heavy atom. The average Bonchev–Trinajstić information content (AvgIpc) is 2.79. The Balaban J connectivity index is 1.63. The van der Waals surface area contributed by atoms with Crippen molar-refractivity contribution in [2.45, 2.75) is 38.4 Å². The van der Waals surface area contributed by atoms with Crippen molar-refractivity contribution in [3.63, 3.8) is 0 Å². The standard InChI is InChI=1S/C25H25F6N3O3/c1-14-33-18-8-19(36-3)20(37-13-23(12-35-2)10-24(27,28)11-23)7-16(18)22(34-14)32-9-15-5-4-6-17(21(15)26)25(29,30)31/h4-8H,9-13H2,1-3H3,(H,32,33,34). The first kappa shape index (κ1) is 26.8. The summed E-state index contributed by atoms with van der Waals surface area (Å²) in [4.78, 5) is 8.68. The van der Waals surface area contributed by atoms with Gasteiger partial charge in [0.15, 0.2) is 11.5 Å². The lowest BCUT2D eigenvalue weighted by molar-refractivity contribution is -0.190. The summed E-state index contributed by atoms with van der Waals surface area (Å²) in [7, 11) is 2.85. The molecule has 37 heavy (non-hydrogen) atoms. The number of nitrogens with one attached hydrogen (secondary N) is 1. The molecule has 1 aliphatic carbocycles. The number of ether oxygens (including phenoxy) is 3. The second-order valence-electron chi connectivity index (χ2n) is 9.20. The molecule has 0 amide bonds. The molecule has 6 nitrogen and oxygen atoms in total. The number of nitrogens with zero attached hydrogens (tertiary/aromatic N) is 2. The quantitative estimate of drug-likeness (QED) is 0.335. The number of benzene rings is 2. The van der Waals surface area contributed by atoms with Crippen LogP contribution in [0.5, 0.6) is 11.5 Å². The molecule has 1 aliphatic rings. The molecule has 0 aliphatic heterocycles. The van der Waals surface area contributed by atoms with E-state index >= 15 is 0 Å². The number of aryl methyl sites for hydroxylation is 1. The Labute approximate surface area is 209 Å². The third kappa shape index (κ3) is 5.68. The molecule has 3 aromatic rings. The molecule has 0 bridgehead atoms. The van der Waals surface area contributed by atoms with E-state index in [0.717, 1.165) is 6.07 Å².